The number of allylic oxidation sites excluding steroid dienone is 1. The number of hydrogen-bond donors (Lipinski definition) is 2. The second-order valence-corrected chi connectivity index (χ2v) is 4.04. The van der Waals surface area contributed by atoms with Crippen LogP contribution in [-0.2, 0) is 4.79 Å². The van der Waals surface area contributed by atoms with Crippen molar-refractivity contribution < 1.29 is 10.0 Å². The minimum absolute atomic E-state index is 0.294. The summed E-state index contributed by atoms with van der Waals surface area (Å²) in [5.74, 6) is -0.0807. The van der Waals surface area contributed by atoms with Crippen molar-refractivity contribution in [2.75, 3.05) is 0 Å². The second-order valence-electron chi connectivity index (χ2n) is 4.04. The number of nitrogens with one attached hydrogen (secondary N) is 1. The third-order valence-electron chi connectivity index (χ3n) is 2.98. The number of amides is 1. The lowest BCUT2D eigenvalue weighted by molar-refractivity contribution is -0.125. The maximum atomic E-state index is 11.3. The van der Waals surface area contributed by atoms with Gasteiger partial charge in [0.25, 0.3) is 5.91 Å². The first-order valence-corrected chi connectivity index (χ1v) is 5.51. The van der Waals surface area contributed by atoms with Gasteiger partial charge in [0.05, 0.1) is 0 Å². The Morgan fingerprint density at radius 1 is 1.31 bits per heavy atom. The predicted molar refractivity (Wildman–Crippen MR) is 61.0 cm³/mol. The summed E-state index contributed by atoms with van der Waals surface area (Å²) in [4.78, 5) is 11.3. The van der Waals surface area contributed by atoms with Crippen LogP contribution in [0.2, 0.25) is 0 Å². The van der Waals surface area contributed by atoms with Crippen LogP contribution in [0.1, 0.15) is 30.7 Å². The summed E-state index contributed by atoms with van der Waals surface area (Å²) in [6.07, 6.45) is 4.76. The van der Waals surface area contributed by atoms with Gasteiger partial charge in [-0.2, -0.15) is 0 Å². The van der Waals surface area contributed by atoms with E-state index in [2.05, 4.69) is 12.1 Å². The Labute approximate surface area is 94.8 Å². The molecule has 0 saturated carbocycles. The van der Waals surface area contributed by atoms with Crippen LogP contribution in [0.25, 0.3) is 0 Å². The van der Waals surface area contributed by atoms with Crippen LogP contribution in [-0.4, -0.2) is 11.1 Å². The lowest BCUT2D eigenvalue weighted by atomic mass is 9.85. The van der Waals surface area contributed by atoms with Gasteiger partial charge in [0.1, 0.15) is 0 Å². The highest BCUT2D eigenvalue weighted by atomic mass is 16.5. The Balaban J connectivity index is 2.21. The minimum atomic E-state index is -0.374. The Bertz CT molecular complexity index is 398. The van der Waals surface area contributed by atoms with Crippen molar-refractivity contribution in [1.29, 1.82) is 0 Å². The van der Waals surface area contributed by atoms with E-state index in [4.69, 9.17) is 5.21 Å². The largest absolute Gasteiger partial charge is 0.288 e. The van der Waals surface area contributed by atoms with Gasteiger partial charge in [0.2, 0.25) is 0 Å². The standard InChI is InChI=1S/C13H15NO2/c15-13(14-16)12-8-4-7-11(9-12)10-5-2-1-3-6-10/h1-3,5-6,9,11,16H,4,7-8H2,(H,14,15). The van der Waals surface area contributed by atoms with Crippen LogP contribution in [0, 0.1) is 0 Å². The zero-order valence-electron chi connectivity index (χ0n) is 9.02. The van der Waals surface area contributed by atoms with Crippen LogP contribution in [0.4, 0.5) is 0 Å². The van der Waals surface area contributed by atoms with Gasteiger partial charge in [-0.05, 0) is 24.8 Å². The molecule has 1 aromatic rings. The number of carbonyl (C=O) groups excluding carboxylic acids is 1. The lowest BCUT2D eigenvalue weighted by Gasteiger charge is -2.20. The average Bonchev–Trinajstić information content (AvgIpc) is 2.39. The van der Waals surface area contributed by atoms with Crippen molar-refractivity contribution in [3.8, 4) is 0 Å². The maximum absolute atomic E-state index is 11.3. The molecular formula is C13H15NO2. The summed E-state index contributed by atoms with van der Waals surface area (Å²) in [6.45, 7) is 0. The Hall–Kier alpha value is -1.61. The highest BCUT2D eigenvalue weighted by Gasteiger charge is 2.18. The van der Waals surface area contributed by atoms with Gasteiger partial charge in [-0.25, -0.2) is 5.48 Å². The van der Waals surface area contributed by atoms with Gasteiger partial charge < -0.3 is 0 Å². The summed E-state index contributed by atoms with van der Waals surface area (Å²) < 4.78 is 0. The van der Waals surface area contributed by atoms with E-state index in [0.29, 0.717) is 11.5 Å². The quantitative estimate of drug-likeness (QED) is 0.590. The molecule has 0 spiro atoms. The fourth-order valence-corrected chi connectivity index (χ4v) is 2.15. The fraction of sp³-hybridized carbons (Fsp3) is 0.308. The molecule has 0 heterocycles. The zero-order valence-corrected chi connectivity index (χ0v) is 9.02. The molecule has 3 nitrogen and oxygen atoms in total. The van der Waals surface area contributed by atoms with Gasteiger partial charge in [0, 0.05) is 11.5 Å². The molecule has 0 saturated heterocycles. The first-order valence-electron chi connectivity index (χ1n) is 5.51. The van der Waals surface area contributed by atoms with E-state index in [9.17, 15) is 4.79 Å². The molecule has 84 valence electrons. The Morgan fingerprint density at radius 3 is 2.75 bits per heavy atom. The molecule has 1 amide bonds. The third kappa shape index (κ3) is 2.31. The summed E-state index contributed by atoms with van der Waals surface area (Å²) >= 11 is 0. The molecule has 3 heteroatoms. The molecule has 0 fully saturated rings. The van der Waals surface area contributed by atoms with Crippen LogP contribution < -0.4 is 5.48 Å². The summed E-state index contributed by atoms with van der Waals surface area (Å²) in [5, 5.41) is 8.60. The Morgan fingerprint density at radius 2 is 2.06 bits per heavy atom. The van der Waals surface area contributed by atoms with E-state index >= 15 is 0 Å². The van der Waals surface area contributed by atoms with E-state index in [-0.39, 0.29) is 5.91 Å². The highest BCUT2D eigenvalue weighted by molar-refractivity contribution is 5.92. The van der Waals surface area contributed by atoms with Crippen molar-refractivity contribution in [2.24, 2.45) is 0 Å². The number of benzene rings is 1. The zero-order chi connectivity index (χ0) is 11.4. The van der Waals surface area contributed by atoms with Crippen LogP contribution >= 0.6 is 0 Å². The number of hydroxylamine groups is 1. The summed E-state index contributed by atoms with van der Waals surface area (Å²) in [6, 6.07) is 10.1. The topological polar surface area (TPSA) is 49.3 Å². The van der Waals surface area contributed by atoms with Gasteiger partial charge in [-0.1, -0.05) is 36.4 Å². The molecule has 1 atom stereocenters. The molecule has 1 aliphatic rings. The molecule has 0 aliphatic heterocycles. The first-order chi connectivity index (χ1) is 7.81. The molecule has 16 heavy (non-hydrogen) atoms. The van der Waals surface area contributed by atoms with Crippen LogP contribution in [0.3, 0.4) is 0 Å². The van der Waals surface area contributed by atoms with Crippen molar-refractivity contribution in [3.63, 3.8) is 0 Å². The second kappa shape index (κ2) is 4.94. The van der Waals surface area contributed by atoms with E-state index < -0.39 is 0 Å². The highest BCUT2D eigenvalue weighted by Crippen LogP contribution is 2.30. The summed E-state index contributed by atoms with van der Waals surface area (Å²) in [7, 11) is 0. The predicted octanol–water partition coefficient (Wildman–Crippen LogP) is 2.39. The van der Waals surface area contributed by atoms with Crippen molar-refractivity contribution in [1.82, 2.24) is 5.48 Å². The fourth-order valence-electron chi connectivity index (χ4n) is 2.15. The smallest absolute Gasteiger partial charge is 0.270 e. The summed E-state index contributed by atoms with van der Waals surface area (Å²) in [5.41, 5.74) is 3.61. The average molecular weight is 217 g/mol. The maximum Gasteiger partial charge on any atom is 0.270 e. The van der Waals surface area contributed by atoms with Gasteiger partial charge in [-0.3, -0.25) is 10.0 Å². The third-order valence-corrected chi connectivity index (χ3v) is 2.98. The number of carbonyl (C=O) groups is 1. The molecule has 1 unspecified atom stereocenters. The molecule has 1 aromatic carbocycles. The number of hydrogen-bond acceptors (Lipinski definition) is 2. The normalized spacial score (nSPS) is 20.1. The minimum Gasteiger partial charge on any atom is -0.288 e. The molecule has 0 radical (unpaired) electrons. The molecule has 0 aromatic heterocycles. The first kappa shape index (κ1) is 10.9. The van der Waals surface area contributed by atoms with E-state index in [0.717, 1.165) is 19.3 Å². The molecular weight excluding hydrogens is 202 g/mol. The molecule has 0 bridgehead atoms. The van der Waals surface area contributed by atoms with Crippen molar-refractivity contribution >= 4 is 5.91 Å². The van der Waals surface area contributed by atoms with Crippen molar-refractivity contribution in [2.45, 2.75) is 25.2 Å². The van der Waals surface area contributed by atoms with Gasteiger partial charge in [-0.15, -0.1) is 0 Å². The monoisotopic (exact) mass is 217 g/mol. The van der Waals surface area contributed by atoms with Gasteiger partial charge >= 0.3 is 0 Å². The van der Waals surface area contributed by atoms with E-state index in [1.165, 1.54) is 5.56 Å². The van der Waals surface area contributed by atoms with Gasteiger partial charge in [0.15, 0.2) is 0 Å². The SMILES string of the molecule is O=C(NO)C1=CC(c2ccccc2)CCC1. The lowest BCUT2D eigenvalue weighted by Crippen LogP contribution is -2.22. The number of rotatable bonds is 2. The van der Waals surface area contributed by atoms with E-state index in [1.807, 2.05) is 24.3 Å². The van der Waals surface area contributed by atoms with Crippen LogP contribution in [0.5, 0.6) is 0 Å². The van der Waals surface area contributed by atoms with E-state index in [1.54, 1.807) is 5.48 Å². The molecule has 1 aliphatic carbocycles. The van der Waals surface area contributed by atoms with Crippen molar-refractivity contribution in [3.05, 3.63) is 47.5 Å². The molecule has 2 N–H and O–H groups in total. The van der Waals surface area contributed by atoms with Crippen LogP contribution in [0.15, 0.2) is 42.0 Å². The Kier molecular flexibility index (Phi) is 3.37. The molecule has 2 rings (SSSR count).